The third kappa shape index (κ3) is 2.63. The number of benzene rings is 1. The van der Waals surface area contributed by atoms with Crippen LogP contribution in [0.2, 0.25) is 0 Å². The number of fused-ring (bicyclic) bond motifs is 1. The molecule has 3 nitrogen and oxygen atoms in total. The van der Waals surface area contributed by atoms with Gasteiger partial charge in [0.1, 0.15) is 0 Å². The van der Waals surface area contributed by atoms with Gasteiger partial charge in [0.05, 0.1) is 6.10 Å². The molecule has 2 heterocycles. The van der Waals surface area contributed by atoms with Crippen LogP contribution < -0.4 is 5.73 Å². The fourth-order valence-corrected chi connectivity index (χ4v) is 3.45. The number of nitrogens with two attached hydrogens (primary N) is 1. The maximum atomic E-state index is 6.07. The molecule has 0 amide bonds. The standard InChI is InChI=1S/C16H24N2O/c1-2-14-10-13(7-9-19-14)18-8-6-15-12(11-18)4-3-5-16(15)17/h3-5,13-14H,2,6-11,17H2,1H3. The molecule has 2 N–H and O–H groups in total. The van der Waals surface area contributed by atoms with Crippen molar-refractivity contribution in [2.75, 3.05) is 18.9 Å². The quantitative estimate of drug-likeness (QED) is 0.831. The Kier molecular flexibility index (Phi) is 3.76. The molecule has 0 saturated carbocycles. The van der Waals surface area contributed by atoms with Crippen molar-refractivity contribution in [2.24, 2.45) is 0 Å². The van der Waals surface area contributed by atoms with E-state index in [0.717, 1.165) is 38.2 Å². The Morgan fingerprint density at radius 1 is 1.42 bits per heavy atom. The SMILES string of the molecule is CCC1CC(N2CCc3c(N)cccc3C2)CCO1. The Labute approximate surface area is 115 Å². The normalized spacial score (nSPS) is 28.1. The summed E-state index contributed by atoms with van der Waals surface area (Å²) in [6, 6.07) is 7.02. The lowest BCUT2D eigenvalue weighted by molar-refractivity contribution is -0.0312. The predicted octanol–water partition coefficient (Wildman–Crippen LogP) is 2.58. The fourth-order valence-electron chi connectivity index (χ4n) is 3.45. The molecule has 1 saturated heterocycles. The van der Waals surface area contributed by atoms with E-state index >= 15 is 0 Å². The van der Waals surface area contributed by atoms with Gasteiger partial charge < -0.3 is 10.5 Å². The fraction of sp³-hybridized carbons (Fsp3) is 0.625. The van der Waals surface area contributed by atoms with Crippen molar-refractivity contribution in [3.63, 3.8) is 0 Å². The average molecular weight is 260 g/mol. The van der Waals surface area contributed by atoms with Crippen LogP contribution >= 0.6 is 0 Å². The van der Waals surface area contributed by atoms with Crippen molar-refractivity contribution in [1.29, 1.82) is 0 Å². The zero-order valence-electron chi connectivity index (χ0n) is 11.8. The van der Waals surface area contributed by atoms with Crippen LogP contribution in [-0.4, -0.2) is 30.2 Å². The molecule has 2 aliphatic heterocycles. The van der Waals surface area contributed by atoms with E-state index in [0.29, 0.717) is 12.1 Å². The summed E-state index contributed by atoms with van der Waals surface area (Å²) >= 11 is 0. The van der Waals surface area contributed by atoms with Crippen LogP contribution in [-0.2, 0) is 17.7 Å². The van der Waals surface area contributed by atoms with Crippen LogP contribution in [0.25, 0.3) is 0 Å². The highest BCUT2D eigenvalue weighted by Gasteiger charge is 2.29. The minimum Gasteiger partial charge on any atom is -0.398 e. The zero-order valence-corrected chi connectivity index (χ0v) is 11.8. The summed E-state index contributed by atoms with van der Waals surface area (Å²) in [6.45, 7) is 5.34. The van der Waals surface area contributed by atoms with Gasteiger partial charge in [-0.2, -0.15) is 0 Å². The first-order valence-electron chi connectivity index (χ1n) is 7.49. The topological polar surface area (TPSA) is 38.5 Å². The van der Waals surface area contributed by atoms with E-state index in [-0.39, 0.29) is 0 Å². The second-order valence-corrected chi connectivity index (χ2v) is 5.78. The smallest absolute Gasteiger partial charge is 0.0587 e. The maximum absolute atomic E-state index is 6.07. The molecule has 2 atom stereocenters. The number of ether oxygens (including phenoxy) is 1. The van der Waals surface area contributed by atoms with Gasteiger partial charge in [0.15, 0.2) is 0 Å². The van der Waals surface area contributed by atoms with Gasteiger partial charge in [0.25, 0.3) is 0 Å². The highest BCUT2D eigenvalue weighted by Crippen LogP contribution is 2.29. The minimum atomic E-state index is 0.459. The number of nitrogens with zero attached hydrogens (tertiary/aromatic N) is 1. The van der Waals surface area contributed by atoms with E-state index in [1.807, 2.05) is 6.07 Å². The number of nitrogen functional groups attached to an aromatic ring is 1. The first kappa shape index (κ1) is 12.9. The Morgan fingerprint density at radius 3 is 3.16 bits per heavy atom. The molecule has 0 aliphatic carbocycles. The Morgan fingerprint density at radius 2 is 2.32 bits per heavy atom. The van der Waals surface area contributed by atoms with Crippen molar-refractivity contribution in [3.8, 4) is 0 Å². The van der Waals surface area contributed by atoms with Crippen molar-refractivity contribution in [1.82, 2.24) is 4.90 Å². The Balaban J connectivity index is 1.71. The highest BCUT2D eigenvalue weighted by molar-refractivity contribution is 5.51. The first-order valence-corrected chi connectivity index (χ1v) is 7.49. The number of rotatable bonds is 2. The lowest BCUT2D eigenvalue weighted by atomic mass is 9.93. The van der Waals surface area contributed by atoms with E-state index in [2.05, 4.69) is 24.0 Å². The van der Waals surface area contributed by atoms with Gasteiger partial charge in [0.2, 0.25) is 0 Å². The molecular formula is C16H24N2O. The first-order chi connectivity index (χ1) is 9.28. The van der Waals surface area contributed by atoms with Gasteiger partial charge >= 0.3 is 0 Å². The molecule has 0 spiro atoms. The molecule has 2 unspecified atom stereocenters. The molecule has 0 bridgehead atoms. The summed E-state index contributed by atoms with van der Waals surface area (Å²) in [7, 11) is 0. The second-order valence-electron chi connectivity index (χ2n) is 5.78. The predicted molar refractivity (Wildman–Crippen MR) is 78.0 cm³/mol. The molecule has 2 aliphatic rings. The summed E-state index contributed by atoms with van der Waals surface area (Å²) in [5, 5.41) is 0. The summed E-state index contributed by atoms with van der Waals surface area (Å²) < 4.78 is 5.79. The molecule has 1 aromatic rings. The summed E-state index contributed by atoms with van der Waals surface area (Å²) in [5.41, 5.74) is 9.83. The molecule has 1 aromatic carbocycles. The monoisotopic (exact) mass is 260 g/mol. The van der Waals surface area contributed by atoms with Crippen molar-refractivity contribution in [2.45, 2.75) is 51.3 Å². The Bertz CT molecular complexity index is 446. The molecule has 3 rings (SSSR count). The van der Waals surface area contributed by atoms with Crippen molar-refractivity contribution in [3.05, 3.63) is 29.3 Å². The van der Waals surface area contributed by atoms with Crippen LogP contribution in [0.15, 0.2) is 18.2 Å². The van der Waals surface area contributed by atoms with E-state index in [4.69, 9.17) is 10.5 Å². The van der Waals surface area contributed by atoms with Crippen LogP contribution in [0.3, 0.4) is 0 Å². The van der Waals surface area contributed by atoms with Crippen LogP contribution in [0.1, 0.15) is 37.3 Å². The molecule has 104 valence electrons. The van der Waals surface area contributed by atoms with E-state index in [1.54, 1.807) is 0 Å². The summed E-state index contributed by atoms with van der Waals surface area (Å²) in [4.78, 5) is 2.63. The van der Waals surface area contributed by atoms with E-state index < -0.39 is 0 Å². The van der Waals surface area contributed by atoms with E-state index in [1.165, 1.54) is 24.0 Å². The van der Waals surface area contributed by atoms with Gasteiger partial charge in [-0.3, -0.25) is 4.90 Å². The third-order valence-electron chi connectivity index (χ3n) is 4.64. The van der Waals surface area contributed by atoms with Gasteiger partial charge in [-0.15, -0.1) is 0 Å². The lowest BCUT2D eigenvalue weighted by Gasteiger charge is -2.40. The number of anilines is 1. The van der Waals surface area contributed by atoms with Gasteiger partial charge in [-0.05, 0) is 42.9 Å². The number of hydrogen-bond donors (Lipinski definition) is 1. The van der Waals surface area contributed by atoms with E-state index in [9.17, 15) is 0 Å². The summed E-state index contributed by atoms with van der Waals surface area (Å²) in [6.07, 6.45) is 5.05. The minimum absolute atomic E-state index is 0.459. The molecular weight excluding hydrogens is 236 g/mol. The lowest BCUT2D eigenvalue weighted by Crippen LogP contribution is -2.44. The molecule has 0 radical (unpaired) electrons. The molecule has 3 heteroatoms. The zero-order chi connectivity index (χ0) is 13.2. The van der Waals surface area contributed by atoms with Crippen LogP contribution in [0, 0.1) is 0 Å². The Hall–Kier alpha value is -1.06. The third-order valence-corrected chi connectivity index (χ3v) is 4.64. The largest absolute Gasteiger partial charge is 0.398 e. The van der Waals surface area contributed by atoms with Crippen molar-refractivity contribution >= 4 is 5.69 Å². The average Bonchev–Trinajstić information content (AvgIpc) is 2.47. The van der Waals surface area contributed by atoms with Gasteiger partial charge in [-0.1, -0.05) is 19.1 Å². The van der Waals surface area contributed by atoms with Gasteiger partial charge in [0, 0.05) is 31.4 Å². The highest BCUT2D eigenvalue weighted by atomic mass is 16.5. The number of hydrogen-bond acceptors (Lipinski definition) is 3. The van der Waals surface area contributed by atoms with Crippen molar-refractivity contribution < 1.29 is 4.74 Å². The molecule has 19 heavy (non-hydrogen) atoms. The maximum Gasteiger partial charge on any atom is 0.0587 e. The van der Waals surface area contributed by atoms with Crippen LogP contribution in [0.4, 0.5) is 5.69 Å². The second kappa shape index (κ2) is 5.51. The summed E-state index contributed by atoms with van der Waals surface area (Å²) in [5.74, 6) is 0. The molecule has 1 fully saturated rings. The molecule has 0 aromatic heterocycles. The van der Waals surface area contributed by atoms with Crippen LogP contribution in [0.5, 0.6) is 0 Å². The van der Waals surface area contributed by atoms with Gasteiger partial charge in [-0.25, -0.2) is 0 Å².